The molecule has 5 aliphatic carbocycles. The van der Waals surface area contributed by atoms with Crippen molar-refractivity contribution in [2.45, 2.75) is 119 Å². The molecular formula is C30H50O. The number of aliphatic hydroxyl groups excluding tert-OH is 1. The Morgan fingerprint density at radius 1 is 0.806 bits per heavy atom. The largest absolute Gasteiger partial charge is 0.393 e. The number of hydrogen-bond donors (Lipinski definition) is 1. The van der Waals surface area contributed by atoms with Crippen molar-refractivity contribution in [2.75, 3.05) is 0 Å². The van der Waals surface area contributed by atoms with Gasteiger partial charge in [-0.05, 0) is 114 Å². The van der Waals surface area contributed by atoms with E-state index in [2.05, 4.69) is 61.5 Å². The van der Waals surface area contributed by atoms with Gasteiger partial charge in [-0.2, -0.15) is 0 Å². The van der Waals surface area contributed by atoms with Gasteiger partial charge < -0.3 is 5.11 Å². The van der Waals surface area contributed by atoms with Gasteiger partial charge in [0.05, 0.1) is 6.10 Å². The van der Waals surface area contributed by atoms with Crippen molar-refractivity contribution in [1.29, 1.82) is 0 Å². The van der Waals surface area contributed by atoms with Crippen molar-refractivity contribution >= 4 is 0 Å². The molecule has 0 saturated heterocycles. The first-order valence-corrected chi connectivity index (χ1v) is 13.7. The molecule has 176 valence electrons. The number of aliphatic hydroxyl groups is 1. The average Bonchev–Trinajstić information content (AvgIpc) is 2.69. The van der Waals surface area contributed by atoms with Crippen LogP contribution in [0.25, 0.3) is 0 Å². The van der Waals surface area contributed by atoms with E-state index in [1.807, 2.05) is 5.57 Å². The van der Waals surface area contributed by atoms with Crippen LogP contribution in [0.2, 0.25) is 0 Å². The fourth-order valence-electron chi connectivity index (χ4n) is 10.8. The second-order valence-corrected chi connectivity index (χ2v) is 14.7. The van der Waals surface area contributed by atoms with Gasteiger partial charge >= 0.3 is 0 Å². The predicted octanol–water partition coefficient (Wildman–Crippen LogP) is 8.02. The first-order chi connectivity index (χ1) is 14.3. The Balaban J connectivity index is 1.59. The van der Waals surface area contributed by atoms with Gasteiger partial charge in [0.15, 0.2) is 0 Å². The lowest BCUT2D eigenvalue weighted by molar-refractivity contribution is -0.203. The summed E-state index contributed by atoms with van der Waals surface area (Å²) in [5.41, 5.74) is 3.60. The second kappa shape index (κ2) is 6.64. The lowest BCUT2D eigenvalue weighted by Crippen LogP contribution is -2.64. The molecule has 0 amide bonds. The van der Waals surface area contributed by atoms with Crippen LogP contribution in [0, 0.1) is 56.7 Å². The molecule has 1 nitrogen and oxygen atoms in total. The van der Waals surface area contributed by atoms with E-state index in [1.54, 1.807) is 0 Å². The quantitative estimate of drug-likeness (QED) is 0.389. The van der Waals surface area contributed by atoms with Crippen molar-refractivity contribution in [2.24, 2.45) is 56.7 Å². The van der Waals surface area contributed by atoms with Gasteiger partial charge in [-0.1, -0.05) is 67.0 Å². The molecule has 31 heavy (non-hydrogen) atoms. The van der Waals surface area contributed by atoms with Gasteiger partial charge in [-0.25, -0.2) is 0 Å². The highest BCUT2D eigenvalue weighted by molar-refractivity contribution is 5.33. The van der Waals surface area contributed by atoms with Crippen molar-refractivity contribution in [3.63, 3.8) is 0 Å². The van der Waals surface area contributed by atoms with Crippen molar-refractivity contribution in [3.05, 3.63) is 11.6 Å². The first-order valence-electron chi connectivity index (χ1n) is 13.7. The molecule has 0 bridgehead atoms. The molecule has 0 unspecified atom stereocenters. The van der Waals surface area contributed by atoms with Crippen LogP contribution in [0.5, 0.6) is 0 Å². The predicted molar refractivity (Wildman–Crippen MR) is 131 cm³/mol. The zero-order valence-corrected chi connectivity index (χ0v) is 21.9. The van der Waals surface area contributed by atoms with Crippen molar-refractivity contribution < 1.29 is 5.11 Å². The van der Waals surface area contributed by atoms with Gasteiger partial charge in [-0.15, -0.1) is 0 Å². The molecule has 4 saturated carbocycles. The zero-order valence-electron chi connectivity index (χ0n) is 21.9. The molecule has 0 heterocycles. The van der Waals surface area contributed by atoms with Crippen LogP contribution in [-0.2, 0) is 0 Å². The maximum atomic E-state index is 10.9. The molecular weight excluding hydrogens is 376 g/mol. The third-order valence-corrected chi connectivity index (χ3v) is 13.4. The van der Waals surface area contributed by atoms with E-state index in [9.17, 15) is 5.11 Å². The van der Waals surface area contributed by atoms with Gasteiger partial charge in [0.2, 0.25) is 0 Å². The van der Waals surface area contributed by atoms with E-state index >= 15 is 0 Å². The third kappa shape index (κ3) is 2.65. The number of allylic oxidation sites excluding steroid dienone is 2. The lowest BCUT2D eigenvalue weighted by atomic mass is 9.33. The lowest BCUT2D eigenvalue weighted by Gasteiger charge is -2.71. The van der Waals surface area contributed by atoms with E-state index < -0.39 is 0 Å². The summed E-state index contributed by atoms with van der Waals surface area (Å²) in [4.78, 5) is 0. The molecule has 0 aromatic carbocycles. The highest BCUT2D eigenvalue weighted by Gasteiger charge is 2.67. The van der Waals surface area contributed by atoms with Gasteiger partial charge in [-0.3, -0.25) is 0 Å². The standard InChI is InChI=1S/C30H50O/c1-19-11-14-27(5)17-18-29(7)21(25(27)20(19)2)9-10-23-28(6)15-13-24(31)26(3,4)22(28)12-16-30(23,29)8/h9,19-20,22-25,31H,10-18H2,1-8H3/t19-,20-,22-,23-,24-,25-,27-,28+,29+,30-/m1/s1. The summed E-state index contributed by atoms with van der Waals surface area (Å²) >= 11 is 0. The van der Waals surface area contributed by atoms with E-state index in [0.717, 1.165) is 30.1 Å². The normalized spacial score (nSPS) is 58.3. The number of hydrogen-bond acceptors (Lipinski definition) is 1. The fourth-order valence-corrected chi connectivity index (χ4v) is 10.8. The molecule has 0 radical (unpaired) electrons. The zero-order chi connectivity index (χ0) is 22.6. The van der Waals surface area contributed by atoms with Crippen LogP contribution >= 0.6 is 0 Å². The van der Waals surface area contributed by atoms with Gasteiger partial charge in [0.25, 0.3) is 0 Å². The molecule has 1 N–H and O–H groups in total. The molecule has 1 heteroatoms. The summed E-state index contributed by atoms with van der Waals surface area (Å²) < 4.78 is 0. The van der Waals surface area contributed by atoms with Gasteiger partial charge in [0, 0.05) is 0 Å². The Labute approximate surface area is 192 Å². The molecule has 5 rings (SSSR count). The van der Waals surface area contributed by atoms with Crippen molar-refractivity contribution in [3.8, 4) is 0 Å². The summed E-state index contributed by atoms with van der Waals surface area (Å²) in [6.07, 6.45) is 14.5. The Hall–Kier alpha value is -0.300. The molecule has 0 aliphatic heterocycles. The van der Waals surface area contributed by atoms with Crippen LogP contribution in [0.1, 0.15) is 113 Å². The number of fused-ring (bicyclic) bond motifs is 7. The third-order valence-electron chi connectivity index (χ3n) is 13.4. The summed E-state index contributed by atoms with van der Waals surface area (Å²) in [6, 6.07) is 0. The molecule has 0 spiro atoms. The Bertz CT molecular complexity index is 779. The Kier molecular flexibility index (Phi) is 4.82. The molecule has 0 aromatic rings. The summed E-state index contributed by atoms with van der Waals surface area (Å²) in [6.45, 7) is 20.5. The maximum absolute atomic E-state index is 10.9. The summed E-state index contributed by atoms with van der Waals surface area (Å²) in [5.74, 6) is 3.90. The summed E-state index contributed by atoms with van der Waals surface area (Å²) in [5, 5.41) is 10.9. The first kappa shape index (κ1) is 22.5. The minimum Gasteiger partial charge on any atom is -0.393 e. The second-order valence-electron chi connectivity index (χ2n) is 14.7. The van der Waals surface area contributed by atoms with Crippen LogP contribution in [-0.4, -0.2) is 11.2 Å². The van der Waals surface area contributed by atoms with Crippen LogP contribution in [0.3, 0.4) is 0 Å². The van der Waals surface area contributed by atoms with Crippen LogP contribution in [0.4, 0.5) is 0 Å². The maximum Gasteiger partial charge on any atom is 0.0594 e. The summed E-state index contributed by atoms with van der Waals surface area (Å²) in [7, 11) is 0. The Morgan fingerprint density at radius 2 is 1.52 bits per heavy atom. The number of rotatable bonds is 0. The van der Waals surface area contributed by atoms with Crippen LogP contribution in [0.15, 0.2) is 11.6 Å². The average molecular weight is 427 g/mol. The fraction of sp³-hybridized carbons (Fsp3) is 0.933. The van der Waals surface area contributed by atoms with Crippen molar-refractivity contribution in [1.82, 2.24) is 0 Å². The molecule has 0 aromatic heterocycles. The molecule has 4 fully saturated rings. The van der Waals surface area contributed by atoms with E-state index in [1.165, 1.54) is 51.4 Å². The molecule has 10 atom stereocenters. The van der Waals surface area contributed by atoms with E-state index in [0.29, 0.717) is 27.6 Å². The Morgan fingerprint density at radius 3 is 2.23 bits per heavy atom. The van der Waals surface area contributed by atoms with Gasteiger partial charge in [0.1, 0.15) is 0 Å². The topological polar surface area (TPSA) is 20.2 Å². The van der Waals surface area contributed by atoms with E-state index in [4.69, 9.17) is 0 Å². The monoisotopic (exact) mass is 426 g/mol. The SMILES string of the molecule is C[C@@H]1[C@H](C)CC[C@]2(C)CC[C@@]3(C)C(=CC[C@@H]4[C@@]5(C)CC[C@@H](O)C(C)(C)[C@H]5CC[C@]43C)[C@@H]12. The van der Waals surface area contributed by atoms with Crippen LogP contribution < -0.4 is 0 Å². The minimum atomic E-state index is -0.125. The van der Waals surface area contributed by atoms with E-state index in [-0.39, 0.29) is 11.5 Å². The highest BCUT2D eigenvalue weighted by Crippen LogP contribution is 2.75. The smallest absolute Gasteiger partial charge is 0.0594 e. The highest BCUT2D eigenvalue weighted by atomic mass is 16.3. The minimum absolute atomic E-state index is 0.0533. The molecule has 5 aliphatic rings.